The smallest absolute Gasteiger partial charge is 0.318 e. The van der Waals surface area contributed by atoms with Crippen molar-refractivity contribution in [3.8, 4) is 0 Å². The fraction of sp³-hybridized carbons (Fsp3) is 0.0667. The van der Waals surface area contributed by atoms with Crippen molar-refractivity contribution in [1.82, 2.24) is 10.3 Å². The summed E-state index contributed by atoms with van der Waals surface area (Å²) in [5, 5.41) is 2.55. The largest absolute Gasteiger partial charge is 0.324 e. The van der Waals surface area contributed by atoms with Crippen molar-refractivity contribution in [3.63, 3.8) is 0 Å². The lowest BCUT2D eigenvalue weighted by atomic mass is 10.2. The average molecular weight is 402 g/mol. The van der Waals surface area contributed by atoms with Gasteiger partial charge in [0.2, 0.25) is 0 Å². The number of rotatable bonds is 4. The third kappa shape index (κ3) is 5.43. The van der Waals surface area contributed by atoms with Gasteiger partial charge in [-0.2, -0.15) is 0 Å². The summed E-state index contributed by atoms with van der Waals surface area (Å²) in [6.45, 7) is 1.87. The number of carbonyl (C=O) groups excluding carboxylic acids is 2. The summed E-state index contributed by atoms with van der Waals surface area (Å²) in [4.78, 5) is 25.0. The first-order valence-corrected chi connectivity index (χ1v) is 9.07. The van der Waals surface area contributed by atoms with E-state index in [0.717, 1.165) is 17.7 Å². The summed E-state index contributed by atoms with van der Waals surface area (Å²) in [6, 6.07) is 10.4. The van der Waals surface area contributed by atoms with Gasteiger partial charge in [-0.3, -0.25) is 15.0 Å². The van der Waals surface area contributed by atoms with E-state index in [-0.39, 0.29) is 14.9 Å². The molecular weight excluding hydrogens is 389 g/mol. The molecule has 2 rings (SSSR count). The van der Waals surface area contributed by atoms with E-state index in [1.54, 1.807) is 29.1 Å². The van der Waals surface area contributed by atoms with Crippen LogP contribution >= 0.6 is 23.2 Å². The first-order valence-electron chi connectivity index (χ1n) is 6.83. The molecule has 0 saturated heterocycles. The van der Waals surface area contributed by atoms with E-state index < -0.39 is 21.8 Å². The van der Waals surface area contributed by atoms with Crippen LogP contribution in [0.15, 0.2) is 47.4 Å². The molecule has 0 bridgehead atoms. The molecule has 3 N–H and O–H groups in total. The van der Waals surface area contributed by atoms with Gasteiger partial charge in [0.1, 0.15) is 0 Å². The number of carbonyl (C=O) groups is 2. The maximum absolute atomic E-state index is 12.1. The Balaban J connectivity index is 2.00. The van der Waals surface area contributed by atoms with Gasteiger partial charge in [0.15, 0.2) is 0 Å². The maximum atomic E-state index is 12.1. The number of sulfonamides is 1. The van der Waals surface area contributed by atoms with E-state index in [0.29, 0.717) is 5.69 Å². The summed E-state index contributed by atoms with van der Waals surface area (Å²) in [6.07, 6.45) is 0. The van der Waals surface area contributed by atoms with Gasteiger partial charge in [0.25, 0.3) is 10.0 Å². The number of hydrogen-bond acceptors (Lipinski definition) is 4. The van der Waals surface area contributed by atoms with Crippen molar-refractivity contribution >= 4 is 50.7 Å². The van der Waals surface area contributed by atoms with E-state index in [1.807, 2.05) is 12.3 Å². The Morgan fingerprint density at radius 2 is 1.48 bits per heavy atom. The SMILES string of the molecule is Cc1ccc(NC(=O)C(=O)NNS(=O)(=O)c2cc(Cl)cc(Cl)c2)cc1. The fourth-order valence-corrected chi connectivity index (χ4v) is 3.30. The number of anilines is 1. The Labute approximate surface area is 154 Å². The maximum Gasteiger partial charge on any atom is 0.324 e. The summed E-state index contributed by atoms with van der Waals surface area (Å²) in [5.74, 6) is -2.21. The van der Waals surface area contributed by atoms with E-state index >= 15 is 0 Å². The van der Waals surface area contributed by atoms with Crippen LogP contribution in [-0.2, 0) is 19.6 Å². The minimum absolute atomic E-state index is 0.108. The predicted octanol–water partition coefficient (Wildman–Crippen LogP) is 2.25. The Morgan fingerprint density at radius 1 is 0.920 bits per heavy atom. The summed E-state index contributed by atoms with van der Waals surface area (Å²) >= 11 is 11.5. The van der Waals surface area contributed by atoms with Gasteiger partial charge in [0, 0.05) is 15.7 Å². The van der Waals surface area contributed by atoms with Crippen molar-refractivity contribution in [2.45, 2.75) is 11.8 Å². The van der Waals surface area contributed by atoms with Gasteiger partial charge >= 0.3 is 11.8 Å². The third-order valence-corrected chi connectivity index (χ3v) is 4.62. The first-order chi connectivity index (χ1) is 11.7. The molecule has 25 heavy (non-hydrogen) atoms. The van der Waals surface area contributed by atoms with Crippen LogP contribution in [0.25, 0.3) is 0 Å². The molecule has 0 atom stereocenters. The van der Waals surface area contributed by atoms with E-state index in [2.05, 4.69) is 5.32 Å². The second-order valence-corrected chi connectivity index (χ2v) is 7.54. The normalized spacial score (nSPS) is 11.0. The van der Waals surface area contributed by atoms with Crippen molar-refractivity contribution < 1.29 is 18.0 Å². The number of benzene rings is 2. The van der Waals surface area contributed by atoms with Crippen molar-refractivity contribution in [3.05, 3.63) is 58.1 Å². The third-order valence-electron chi connectivity index (χ3n) is 2.96. The molecule has 2 aromatic carbocycles. The Bertz CT molecular complexity index is 895. The zero-order valence-corrected chi connectivity index (χ0v) is 15.2. The van der Waals surface area contributed by atoms with Crippen molar-refractivity contribution in [2.24, 2.45) is 0 Å². The monoisotopic (exact) mass is 401 g/mol. The molecule has 0 saturated carbocycles. The summed E-state index contributed by atoms with van der Waals surface area (Å²) < 4.78 is 24.2. The molecule has 0 unspecified atom stereocenters. The van der Waals surface area contributed by atoms with Gasteiger partial charge < -0.3 is 5.32 Å². The van der Waals surface area contributed by atoms with Crippen LogP contribution in [0.3, 0.4) is 0 Å². The number of nitrogens with one attached hydrogen (secondary N) is 3. The van der Waals surface area contributed by atoms with Crippen LogP contribution < -0.4 is 15.6 Å². The summed E-state index contributed by atoms with van der Waals surface area (Å²) in [5.41, 5.74) is 3.20. The number of hydrazine groups is 1. The Morgan fingerprint density at radius 3 is 2.04 bits per heavy atom. The highest BCUT2D eigenvalue weighted by Gasteiger charge is 2.20. The van der Waals surface area contributed by atoms with E-state index in [9.17, 15) is 18.0 Å². The van der Waals surface area contributed by atoms with Crippen LogP contribution in [0.1, 0.15) is 5.56 Å². The van der Waals surface area contributed by atoms with Crippen LogP contribution in [0.5, 0.6) is 0 Å². The second-order valence-electron chi connectivity index (χ2n) is 4.98. The van der Waals surface area contributed by atoms with Gasteiger partial charge in [-0.1, -0.05) is 40.9 Å². The number of aryl methyl sites for hydroxylation is 1. The molecule has 2 amide bonds. The van der Waals surface area contributed by atoms with Crippen LogP contribution in [0.4, 0.5) is 5.69 Å². The molecule has 0 heterocycles. The second kappa shape index (κ2) is 7.83. The highest BCUT2D eigenvalue weighted by molar-refractivity contribution is 7.89. The number of hydrogen-bond donors (Lipinski definition) is 3. The highest BCUT2D eigenvalue weighted by atomic mass is 35.5. The highest BCUT2D eigenvalue weighted by Crippen LogP contribution is 2.21. The molecule has 0 radical (unpaired) electrons. The molecule has 7 nitrogen and oxygen atoms in total. The first kappa shape index (κ1) is 19.2. The molecule has 0 aliphatic carbocycles. The molecule has 0 spiro atoms. The van der Waals surface area contributed by atoms with Crippen molar-refractivity contribution in [1.29, 1.82) is 0 Å². The number of halogens is 2. The fourth-order valence-electron chi connectivity index (χ4n) is 1.74. The van der Waals surface area contributed by atoms with Crippen LogP contribution in [0.2, 0.25) is 10.0 Å². The Hall–Kier alpha value is -2.13. The summed E-state index contributed by atoms with van der Waals surface area (Å²) in [7, 11) is -4.14. The lowest BCUT2D eigenvalue weighted by Gasteiger charge is -2.09. The lowest BCUT2D eigenvalue weighted by Crippen LogP contribution is -2.46. The van der Waals surface area contributed by atoms with Gasteiger partial charge in [0.05, 0.1) is 4.90 Å². The van der Waals surface area contributed by atoms with E-state index in [1.165, 1.54) is 6.07 Å². The zero-order valence-electron chi connectivity index (χ0n) is 12.8. The molecule has 132 valence electrons. The average Bonchev–Trinajstić information content (AvgIpc) is 2.54. The predicted molar refractivity (Wildman–Crippen MR) is 94.7 cm³/mol. The molecule has 0 fully saturated rings. The quantitative estimate of drug-likeness (QED) is 0.539. The molecule has 0 aliphatic rings. The van der Waals surface area contributed by atoms with Gasteiger partial charge in [-0.25, -0.2) is 8.42 Å². The van der Waals surface area contributed by atoms with E-state index in [4.69, 9.17) is 23.2 Å². The zero-order chi connectivity index (χ0) is 18.6. The molecule has 0 aliphatic heterocycles. The van der Waals surface area contributed by atoms with Crippen molar-refractivity contribution in [2.75, 3.05) is 5.32 Å². The molecule has 2 aromatic rings. The number of amides is 2. The topological polar surface area (TPSA) is 104 Å². The Kier molecular flexibility index (Phi) is 6.02. The van der Waals surface area contributed by atoms with Crippen LogP contribution in [0, 0.1) is 6.92 Å². The van der Waals surface area contributed by atoms with Crippen LogP contribution in [-0.4, -0.2) is 20.2 Å². The minimum Gasteiger partial charge on any atom is -0.318 e. The van der Waals surface area contributed by atoms with Gasteiger partial charge in [-0.05, 0) is 37.3 Å². The van der Waals surface area contributed by atoms with Gasteiger partial charge in [-0.15, -0.1) is 4.83 Å². The molecule has 0 aromatic heterocycles. The molecular formula is C15H13Cl2N3O4S. The standard InChI is InChI=1S/C15H13Cl2N3O4S/c1-9-2-4-12(5-3-9)18-14(21)15(22)19-20-25(23,24)13-7-10(16)6-11(17)8-13/h2-8,20H,1H3,(H,18,21)(H,19,22). The minimum atomic E-state index is -4.14. The lowest BCUT2D eigenvalue weighted by molar-refractivity contribution is -0.136. The molecule has 10 heteroatoms.